The first-order valence-electron chi connectivity index (χ1n) is 8.90. The summed E-state index contributed by atoms with van der Waals surface area (Å²) in [7, 11) is -2.58. The molecule has 0 heterocycles. The summed E-state index contributed by atoms with van der Waals surface area (Å²) in [6.07, 6.45) is 0. The number of carbonyl (C=O) groups is 2. The Morgan fingerprint density at radius 2 is 1.50 bits per heavy atom. The Balaban J connectivity index is 1.71. The summed E-state index contributed by atoms with van der Waals surface area (Å²) in [5, 5.41) is 2.72. The highest BCUT2D eigenvalue weighted by molar-refractivity contribution is 7.87. The third-order valence-electron chi connectivity index (χ3n) is 4.22. The summed E-state index contributed by atoms with van der Waals surface area (Å²) in [5.74, 6) is 0.00250. The standard InChI is InChI=1S/C22H19NO6S/c1-15(24)16-7-13-19(14-8-16)30(26,27)29-18-11-9-17(10-12-18)23-22(25)20-5-3-4-6-21(20)28-2/h3-14H,1-2H3,(H,23,25). The van der Waals surface area contributed by atoms with E-state index in [2.05, 4.69) is 5.32 Å². The van der Waals surface area contributed by atoms with Crippen LogP contribution in [-0.4, -0.2) is 27.2 Å². The maximum atomic E-state index is 12.4. The molecule has 7 nitrogen and oxygen atoms in total. The van der Waals surface area contributed by atoms with Crippen LogP contribution in [0.1, 0.15) is 27.6 Å². The van der Waals surface area contributed by atoms with Gasteiger partial charge in [0.25, 0.3) is 5.91 Å². The number of hydrogen-bond acceptors (Lipinski definition) is 6. The average molecular weight is 425 g/mol. The number of ketones is 1. The normalized spacial score (nSPS) is 10.9. The SMILES string of the molecule is COc1ccccc1C(=O)Nc1ccc(OS(=O)(=O)c2ccc(C(C)=O)cc2)cc1. The Morgan fingerprint density at radius 3 is 2.10 bits per heavy atom. The second-order valence-corrected chi connectivity index (χ2v) is 7.84. The van der Waals surface area contributed by atoms with Crippen LogP contribution in [0.25, 0.3) is 0 Å². The van der Waals surface area contributed by atoms with Crippen LogP contribution in [-0.2, 0) is 10.1 Å². The maximum Gasteiger partial charge on any atom is 0.339 e. The van der Waals surface area contributed by atoms with Crippen molar-refractivity contribution in [3.8, 4) is 11.5 Å². The van der Waals surface area contributed by atoms with E-state index in [9.17, 15) is 18.0 Å². The van der Waals surface area contributed by atoms with Crippen molar-refractivity contribution in [3.63, 3.8) is 0 Å². The topological polar surface area (TPSA) is 98.8 Å². The molecule has 0 aliphatic carbocycles. The Labute approximate surface area is 174 Å². The summed E-state index contributed by atoms with van der Waals surface area (Å²) < 4.78 is 35.1. The van der Waals surface area contributed by atoms with E-state index >= 15 is 0 Å². The molecule has 0 aliphatic rings. The molecule has 3 rings (SSSR count). The van der Waals surface area contributed by atoms with Crippen LogP contribution in [0.15, 0.2) is 77.7 Å². The van der Waals surface area contributed by atoms with Gasteiger partial charge < -0.3 is 14.2 Å². The number of rotatable bonds is 7. The Morgan fingerprint density at radius 1 is 0.867 bits per heavy atom. The van der Waals surface area contributed by atoms with Crippen LogP contribution in [0.4, 0.5) is 5.69 Å². The molecular formula is C22H19NO6S. The van der Waals surface area contributed by atoms with E-state index in [1.165, 1.54) is 62.6 Å². The van der Waals surface area contributed by atoms with Gasteiger partial charge in [0.15, 0.2) is 5.78 Å². The first-order valence-corrected chi connectivity index (χ1v) is 10.3. The van der Waals surface area contributed by atoms with E-state index in [1.807, 2.05) is 0 Å². The molecule has 8 heteroatoms. The number of methoxy groups -OCH3 is 1. The van der Waals surface area contributed by atoms with Gasteiger partial charge in [-0.1, -0.05) is 24.3 Å². The molecule has 154 valence electrons. The molecule has 3 aromatic rings. The average Bonchev–Trinajstić information content (AvgIpc) is 2.75. The zero-order valence-electron chi connectivity index (χ0n) is 16.3. The van der Waals surface area contributed by atoms with Gasteiger partial charge in [-0.15, -0.1) is 0 Å². The first-order chi connectivity index (χ1) is 14.3. The Bertz CT molecular complexity index is 1170. The number of hydrogen-bond donors (Lipinski definition) is 1. The molecule has 1 N–H and O–H groups in total. The molecular weight excluding hydrogens is 406 g/mol. The van der Waals surface area contributed by atoms with Gasteiger partial charge in [-0.25, -0.2) is 0 Å². The lowest BCUT2D eigenvalue weighted by atomic mass is 10.2. The Kier molecular flexibility index (Phi) is 6.17. The van der Waals surface area contributed by atoms with Gasteiger partial charge in [0.1, 0.15) is 16.4 Å². The number of para-hydroxylation sites is 1. The van der Waals surface area contributed by atoms with Gasteiger partial charge in [-0.2, -0.15) is 8.42 Å². The van der Waals surface area contributed by atoms with Gasteiger partial charge in [-0.3, -0.25) is 9.59 Å². The van der Waals surface area contributed by atoms with E-state index in [0.717, 1.165) is 0 Å². The summed E-state index contributed by atoms with van der Waals surface area (Å²) >= 11 is 0. The second kappa shape index (κ2) is 8.79. The number of amides is 1. The van der Waals surface area contributed by atoms with Crippen molar-refractivity contribution in [3.05, 3.63) is 83.9 Å². The molecule has 0 spiro atoms. The van der Waals surface area contributed by atoms with Crippen molar-refractivity contribution in [2.45, 2.75) is 11.8 Å². The molecule has 0 atom stereocenters. The van der Waals surface area contributed by atoms with E-state index < -0.39 is 10.1 Å². The smallest absolute Gasteiger partial charge is 0.339 e. The number of nitrogens with one attached hydrogen (secondary N) is 1. The summed E-state index contributed by atoms with van der Waals surface area (Å²) in [4.78, 5) is 23.7. The van der Waals surface area contributed by atoms with Crippen LogP contribution >= 0.6 is 0 Å². The number of anilines is 1. The molecule has 0 aliphatic heterocycles. The second-order valence-electron chi connectivity index (χ2n) is 6.30. The number of ether oxygens (including phenoxy) is 1. The zero-order chi connectivity index (χ0) is 21.7. The molecule has 0 unspecified atom stereocenters. The molecule has 0 bridgehead atoms. The lowest BCUT2D eigenvalue weighted by Crippen LogP contribution is -2.13. The van der Waals surface area contributed by atoms with Crippen LogP contribution < -0.4 is 14.2 Å². The van der Waals surface area contributed by atoms with Crippen molar-refractivity contribution in [1.29, 1.82) is 0 Å². The molecule has 30 heavy (non-hydrogen) atoms. The van der Waals surface area contributed by atoms with Gasteiger partial charge in [0.05, 0.1) is 12.7 Å². The lowest BCUT2D eigenvalue weighted by molar-refractivity contribution is 0.101. The number of Topliss-reactive ketones (excluding diaryl/α,β-unsaturated/α-hetero) is 1. The highest BCUT2D eigenvalue weighted by Gasteiger charge is 2.17. The van der Waals surface area contributed by atoms with Crippen molar-refractivity contribution in [1.82, 2.24) is 0 Å². The van der Waals surface area contributed by atoms with Crippen molar-refractivity contribution < 1.29 is 26.9 Å². The van der Waals surface area contributed by atoms with E-state index in [1.54, 1.807) is 24.3 Å². The summed E-state index contributed by atoms with van der Waals surface area (Å²) in [6.45, 7) is 1.40. The molecule has 0 saturated heterocycles. The Hall–Kier alpha value is -3.65. The van der Waals surface area contributed by atoms with Crippen LogP contribution in [0.2, 0.25) is 0 Å². The maximum absolute atomic E-state index is 12.4. The van der Waals surface area contributed by atoms with Crippen LogP contribution in [0, 0.1) is 0 Å². The molecule has 1 amide bonds. The van der Waals surface area contributed by atoms with Crippen molar-refractivity contribution >= 4 is 27.5 Å². The van der Waals surface area contributed by atoms with Gasteiger partial charge >= 0.3 is 10.1 Å². The molecule has 0 aromatic heterocycles. The van der Waals surface area contributed by atoms with Gasteiger partial charge in [-0.05, 0) is 55.5 Å². The highest BCUT2D eigenvalue weighted by Crippen LogP contribution is 2.23. The first kappa shape index (κ1) is 21.1. The molecule has 3 aromatic carbocycles. The molecule has 0 fully saturated rings. The quantitative estimate of drug-likeness (QED) is 0.455. The predicted octanol–water partition coefficient (Wildman–Crippen LogP) is 3.92. The van der Waals surface area contributed by atoms with Gasteiger partial charge in [0.2, 0.25) is 0 Å². The fourth-order valence-electron chi connectivity index (χ4n) is 2.66. The zero-order valence-corrected chi connectivity index (χ0v) is 17.1. The summed E-state index contributed by atoms with van der Waals surface area (Å²) in [6, 6.07) is 18.2. The van der Waals surface area contributed by atoms with E-state index in [4.69, 9.17) is 8.92 Å². The molecule has 0 saturated carbocycles. The van der Waals surface area contributed by atoms with Gasteiger partial charge in [0, 0.05) is 11.3 Å². The predicted molar refractivity (Wildman–Crippen MR) is 112 cm³/mol. The van der Waals surface area contributed by atoms with Crippen molar-refractivity contribution in [2.24, 2.45) is 0 Å². The number of benzene rings is 3. The fraction of sp³-hybridized carbons (Fsp3) is 0.0909. The lowest BCUT2D eigenvalue weighted by Gasteiger charge is -2.10. The monoisotopic (exact) mass is 425 g/mol. The van der Waals surface area contributed by atoms with Crippen LogP contribution in [0.5, 0.6) is 11.5 Å². The summed E-state index contributed by atoms with van der Waals surface area (Å²) in [5.41, 5.74) is 1.24. The minimum Gasteiger partial charge on any atom is -0.496 e. The fourth-order valence-corrected chi connectivity index (χ4v) is 3.59. The largest absolute Gasteiger partial charge is 0.496 e. The molecule has 0 radical (unpaired) electrons. The van der Waals surface area contributed by atoms with Crippen LogP contribution in [0.3, 0.4) is 0 Å². The van der Waals surface area contributed by atoms with Crippen molar-refractivity contribution in [2.75, 3.05) is 12.4 Å². The minimum atomic E-state index is -4.06. The third-order valence-corrected chi connectivity index (χ3v) is 5.48. The third kappa shape index (κ3) is 4.84. The minimum absolute atomic E-state index is 0.0685. The number of carbonyl (C=O) groups excluding carboxylic acids is 2. The van der Waals surface area contributed by atoms with E-state index in [-0.39, 0.29) is 22.3 Å². The highest BCUT2D eigenvalue weighted by atomic mass is 32.2. The van der Waals surface area contributed by atoms with E-state index in [0.29, 0.717) is 22.6 Å².